The van der Waals surface area contributed by atoms with Crippen molar-refractivity contribution in [1.82, 2.24) is 9.80 Å². The van der Waals surface area contributed by atoms with Gasteiger partial charge in [0.2, 0.25) is 0 Å². The normalized spacial score (nSPS) is 35.1. The first-order valence-electron chi connectivity index (χ1n) is 22.0. The minimum absolute atomic E-state index is 0.00797. The first-order valence-corrected chi connectivity index (χ1v) is 22.4. The number of rotatable bonds is 13. The maximum Gasteiger partial charge on any atom is 0.309 e. The van der Waals surface area contributed by atoms with Gasteiger partial charge >= 0.3 is 11.9 Å². The van der Waals surface area contributed by atoms with E-state index in [1.165, 1.54) is 5.57 Å². The molecule has 0 aliphatic heterocycles. The summed E-state index contributed by atoms with van der Waals surface area (Å²) in [7, 11) is 4.02. The summed E-state index contributed by atoms with van der Waals surface area (Å²) in [4.78, 5) is 43.5. The van der Waals surface area contributed by atoms with Crippen molar-refractivity contribution >= 4 is 29.3 Å². The van der Waals surface area contributed by atoms with E-state index in [1.54, 1.807) is 32.0 Å². The van der Waals surface area contributed by atoms with Gasteiger partial charge in [0, 0.05) is 49.0 Å². The van der Waals surface area contributed by atoms with Crippen molar-refractivity contribution in [1.29, 1.82) is 0 Å². The topological polar surface area (TPSA) is 107 Å². The summed E-state index contributed by atoms with van der Waals surface area (Å²) in [5.74, 6) is -0.702. The molecule has 0 aromatic heterocycles. The van der Waals surface area contributed by atoms with Gasteiger partial charge in [0.15, 0.2) is 5.78 Å². The highest BCUT2D eigenvalue weighted by Gasteiger charge is 2.71. The number of carboxylic acid groups (broad SMARTS) is 1. The monoisotopic (exact) mass is 827 g/mol. The van der Waals surface area contributed by atoms with Crippen LogP contribution in [0.1, 0.15) is 132 Å². The second-order valence-corrected chi connectivity index (χ2v) is 22.2. The smallest absolute Gasteiger partial charge is 0.309 e. The number of aliphatic hydroxyl groups excluding tert-OH is 1. The fourth-order valence-corrected chi connectivity index (χ4v) is 14.0. The molecule has 0 spiro atoms. The van der Waals surface area contributed by atoms with Gasteiger partial charge in [-0.3, -0.25) is 19.3 Å². The predicted molar refractivity (Wildman–Crippen MR) is 227 cm³/mol. The number of nitrogens with zero attached hydrogens (tertiary/aromatic N) is 2. The van der Waals surface area contributed by atoms with Crippen LogP contribution in [0.15, 0.2) is 29.3 Å². The SMILES string of the molecule is CC(C)C1=C2[C@H]3CC[C@@H]4[C@@]5(C)CC[C@H](OC(=O)CC(C)(C)C(=O)O)C(C)(C)[C@@H]5CC[C@@]4(C)[C@]3(C)CC[C@@]2(C(O)CN(CCN(C)C)Cc2cccc(Cl)c2F)CC1=O. The Morgan fingerprint density at radius 2 is 1.66 bits per heavy atom. The Kier molecular flexibility index (Phi) is 12.4. The summed E-state index contributed by atoms with van der Waals surface area (Å²) in [6, 6.07) is 5.09. The highest BCUT2D eigenvalue weighted by molar-refractivity contribution is 6.30. The van der Waals surface area contributed by atoms with Gasteiger partial charge in [-0.25, -0.2) is 4.39 Å². The number of allylic oxidation sites excluding steroid dienone is 1. The van der Waals surface area contributed by atoms with Crippen molar-refractivity contribution in [2.24, 2.45) is 56.2 Å². The van der Waals surface area contributed by atoms with Crippen LogP contribution in [0.3, 0.4) is 0 Å². The average Bonchev–Trinajstić information content (AvgIpc) is 3.43. The van der Waals surface area contributed by atoms with Crippen LogP contribution < -0.4 is 0 Å². The maximum absolute atomic E-state index is 15.3. The van der Waals surface area contributed by atoms with E-state index in [0.29, 0.717) is 43.5 Å². The van der Waals surface area contributed by atoms with E-state index in [1.807, 2.05) is 14.1 Å². The summed E-state index contributed by atoms with van der Waals surface area (Å²) in [5.41, 5.74) is 0.465. The van der Waals surface area contributed by atoms with Gasteiger partial charge in [-0.05, 0) is 131 Å². The second-order valence-electron chi connectivity index (χ2n) is 21.8. The van der Waals surface area contributed by atoms with Gasteiger partial charge in [-0.2, -0.15) is 0 Å². The van der Waals surface area contributed by atoms with Gasteiger partial charge in [0.1, 0.15) is 11.9 Å². The zero-order valence-corrected chi connectivity index (χ0v) is 38.0. The number of hydrogen-bond acceptors (Lipinski definition) is 7. The Morgan fingerprint density at radius 3 is 2.29 bits per heavy atom. The molecular weight excluding hydrogens is 755 g/mol. The van der Waals surface area contributed by atoms with Crippen LogP contribution in [-0.2, 0) is 25.7 Å². The predicted octanol–water partition coefficient (Wildman–Crippen LogP) is 9.60. The van der Waals surface area contributed by atoms with E-state index in [2.05, 4.69) is 58.3 Å². The molecule has 0 saturated heterocycles. The van der Waals surface area contributed by atoms with Crippen molar-refractivity contribution in [3.63, 3.8) is 0 Å². The summed E-state index contributed by atoms with van der Waals surface area (Å²) in [6.45, 7) is 21.5. The van der Waals surface area contributed by atoms with Gasteiger partial charge in [-0.15, -0.1) is 0 Å². The number of hydrogen-bond donors (Lipinski definition) is 2. The third kappa shape index (κ3) is 7.42. The number of esters is 1. The van der Waals surface area contributed by atoms with Gasteiger partial charge < -0.3 is 19.8 Å². The molecule has 5 aliphatic carbocycles. The van der Waals surface area contributed by atoms with E-state index >= 15 is 4.39 Å². The summed E-state index contributed by atoms with van der Waals surface area (Å²) < 4.78 is 21.4. The Hall–Kier alpha value is -2.33. The molecule has 0 heterocycles. The van der Waals surface area contributed by atoms with E-state index < -0.39 is 34.7 Å². The number of ketones is 1. The van der Waals surface area contributed by atoms with E-state index in [-0.39, 0.29) is 56.8 Å². The molecule has 4 fully saturated rings. The van der Waals surface area contributed by atoms with Crippen LogP contribution in [0.5, 0.6) is 0 Å². The van der Waals surface area contributed by atoms with Gasteiger partial charge in [0.25, 0.3) is 0 Å². The number of carbonyl (C=O) groups excluding carboxylic acids is 2. The standard InChI is InChI=1S/C48H72ClFN2O6/c1-29(2)39-33(53)25-48(36(54)28-52(24-23-51(10)11)27-30-13-12-14-32(49)41(30)50)22-21-46(8)31(40(39)48)15-16-35-45(7)19-18-37(58-38(55)26-43(3,4)42(56)57)44(5,6)34(45)17-20-47(35,46)9/h12-14,29,31,34-37,54H,15-28H2,1-11H3,(H,56,57)/t31-,34+,35-,36?,37+,45+,46-,47-,48+/m1/s1. The fraction of sp³-hybridized carbons (Fsp3) is 0.771. The minimum Gasteiger partial charge on any atom is -0.481 e. The number of fused-ring (bicyclic) bond motifs is 7. The lowest BCUT2D eigenvalue weighted by Crippen LogP contribution is -2.66. The van der Waals surface area contributed by atoms with Crippen molar-refractivity contribution in [3.05, 3.63) is 45.7 Å². The van der Waals surface area contributed by atoms with Gasteiger partial charge in [0.05, 0.1) is 23.0 Å². The Bertz CT molecular complexity index is 1810. The average molecular weight is 828 g/mol. The highest BCUT2D eigenvalue weighted by Crippen LogP contribution is 2.77. The zero-order chi connectivity index (χ0) is 43.0. The van der Waals surface area contributed by atoms with E-state index in [4.69, 9.17) is 16.3 Å². The number of benzene rings is 1. The van der Waals surface area contributed by atoms with Crippen molar-refractivity contribution in [2.45, 2.75) is 145 Å². The first-order chi connectivity index (χ1) is 26.9. The molecule has 5 aliphatic rings. The molecule has 58 heavy (non-hydrogen) atoms. The zero-order valence-electron chi connectivity index (χ0n) is 37.3. The molecule has 4 saturated carbocycles. The minimum atomic E-state index is -1.19. The fourth-order valence-electron chi connectivity index (χ4n) is 13.8. The molecule has 0 bridgehead atoms. The molecule has 2 N–H and O–H groups in total. The third-order valence-electron chi connectivity index (χ3n) is 17.2. The lowest BCUT2D eigenvalue weighted by atomic mass is 9.33. The number of likely N-dealkylation sites (N-methyl/N-ethyl adjacent to an activating group) is 1. The summed E-state index contributed by atoms with van der Waals surface area (Å²) in [5, 5.41) is 22.4. The highest BCUT2D eigenvalue weighted by atomic mass is 35.5. The summed E-state index contributed by atoms with van der Waals surface area (Å²) >= 11 is 6.21. The number of halogens is 2. The van der Waals surface area contributed by atoms with Gasteiger partial charge in [-0.1, -0.05) is 77.8 Å². The first kappa shape index (κ1) is 45.2. The van der Waals surface area contributed by atoms with Crippen LogP contribution >= 0.6 is 11.6 Å². The quantitative estimate of drug-likeness (QED) is 0.190. The number of carbonyl (C=O) groups is 3. The Balaban J connectivity index is 1.29. The third-order valence-corrected chi connectivity index (χ3v) is 17.5. The van der Waals surface area contributed by atoms with Crippen molar-refractivity contribution in [3.8, 4) is 0 Å². The number of carboxylic acids is 1. The molecule has 1 unspecified atom stereocenters. The largest absolute Gasteiger partial charge is 0.481 e. The van der Waals surface area contributed by atoms with Crippen molar-refractivity contribution in [2.75, 3.05) is 33.7 Å². The number of Topliss-reactive ketones (excluding diaryl/α,β-unsaturated/α-hetero) is 1. The van der Waals surface area contributed by atoms with E-state index in [9.17, 15) is 24.6 Å². The molecule has 324 valence electrons. The van der Waals surface area contributed by atoms with Crippen LogP contribution in [0.25, 0.3) is 0 Å². The maximum atomic E-state index is 15.3. The molecule has 1 aromatic carbocycles. The Labute approximate surface area is 352 Å². The van der Waals surface area contributed by atoms with Crippen LogP contribution in [0, 0.1) is 62.0 Å². The molecule has 1 aromatic rings. The lowest BCUT2D eigenvalue weighted by molar-refractivity contribution is -0.235. The Morgan fingerprint density at radius 1 is 0.966 bits per heavy atom. The number of aliphatic hydroxyl groups is 1. The molecular formula is C48H72ClFN2O6. The molecule has 10 heteroatoms. The van der Waals surface area contributed by atoms with Crippen LogP contribution in [-0.4, -0.2) is 83.7 Å². The molecule has 0 radical (unpaired) electrons. The lowest BCUT2D eigenvalue weighted by Gasteiger charge is -2.72. The molecule has 8 nitrogen and oxygen atoms in total. The van der Waals surface area contributed by atoms with Crippen LogP contribution in [0.2, 0.25) is 5.02 Å². The molecule has 9 atom stereocenters. The molecule has 6 rings (SSSR count). The number of ether oxygens (including phenoxy) is 1. The van der Waals surface area contributed by atoms with Crippen molar-refractivity contribution < 1.29 is 33.7 Å². The molecule has 0 amide bonds. The second kappa shape index (κ2) is 15.9. The van der Waals surface area contributed by atoms with Crippen LogP contribution in [0.4, 0.5) is 4.39 Å². The van der Waals surface area contributed by atoms with E-state index in [0.717, 1.165) is 63.5 Å². The summed E-state index contributed by atoms with van der Waals surface area (Å²) in [6.07, 6.45) is 6.52. The number of aliphatic carboxylic acids is 1.